The quantitative estimate of drug-likeness (QED) is 0.410. The van der Waals surface area contributed by atoms with Crippen LogP contribution in [-0.4, -0.2) is 21.2 Å². The average molecular weight is 462 g/mol. The number of benzene rings is 3. The smallest absolute Gasteiger partial charge is 0.244 e. The second-order valence-corrected chi connectivity index (χ2v) is 8.08. The monoisotopic (exact) mass is 461 g/mol. The van der Waals surface area contributed by atoms with Crippen molar-refractivity contribution in [2.75, 3.05) is 5.32 Å². The summed E-state index contributed by atoms with van der Waals surface area (Å²) in [7, 11) is 0. The Hall–Kier alpha value is -3.25. The summed E-state index contributed by atoms with van der Waals surface area (Å²) in [4.78, 5) is 30.6. The number of anilines is 1. The molecule has 0 unspecified atom stereocenters. The molecule has 6 heteroatoms. The van der Waals surface area contributed by atoms with Crippen molar-refractivity contribution in [3.8, 4) is 0 Å². The summed E-state index contributed by atoms with van der Waals surface area (Å²) in [5.41, 5.74) is 4.72. The van der Waals surface area contributed by atoms with Gasteiger partial charge in [-0.15, -0.1) is 0 Å². The van der Waals surface area contributed by atoms with Crippen LogP contribution in [-0.2, 0) is 11.3 Å². The Morgan fingerprint density at radius 1 is 0.933 bits per heavy atom. The van der Waals surface area contributed by atoms with Gasteiger partial charge in [-0.05, 0) is 61.4 Å². The van der Waals surface area contributed by atoms with Gasteiger partial charge in [-0.1, -0.05) is 46.3 Å². The molecule has 0 saturated carbocycles. The summed E-state index contributed by atoms with van der Waals surface area (Å²) >= 11 is 3.38. The number of aryl methyl sites for hydroxylation is 2. The molecule has 1 amide bonds. The number of rotatable bonds is 5. The van der Waals surface area contributed by atoms with Crippen molar-refractivity contribution in [1.29, 1.82) is 0 Å². The number of aromatic nitrogens is 2. The second kappa shape index (κ2) is 8.24. The minimum Gasteiger partial charge on any atom is -0.324 e. The van der Waals surface area contributed by atoms with E-state index in [0.29, 0.717) is 11.1 Å². The number of imidazole rings is 1. The molecule has 0 radical (unpaired) electrons. The number of carbonyl (C=O) groups is 2. The average Bonchev–Trinajstić information content (AvgIpc) is 3.09. The van der Waals surface area contributed by atoms with Gasteiger partial charge in [0.05, 0.1) is 11.0 Å². The SMILES string of the molecule is Cc1cccc(C)c1NC(=O)Cn1c(C(=O)c2ccc(Br)cc2)nc2ccccc21. The fourth-order valence-corrected chi connectivity index (χ4v) is 3.74. The fraction of sp³-hybridized carbons (Fsp3) is 0.125. The Balaban J connectivity index is 1.71. The zero-order valence-electron chi connectivity index (χ0n) is 16.6. The van der Waals surface area contributed by atoms with Gasteiger partial charge >= 0.3 is 0 Å². The topological polar surface area (TPSA) is 64.0 Å². The van der Waals surface area contributed by atoms with Crippen molar-refractivity contribution in [3.05, 3.63) is 93.7 Å². The van der Waals surface area contributed by atoms with Crippen LogP contribution >= 0.6 is 15.9 Å². The van der Waals surface area contributed by atoms with Crippen molar-refractivity contribution in [2.24, 2.45) is 0 Å². The maximum absolute atomic E-state index is 13.2. The number of carbonyl (C=O) groups excluding carboxylic acids is 2. The Morgan fingerprint density at radius 3 is 2.30 bits per heavy atom. The third-order valence-electron chi connectivity index (χ3n) is 5.01. The lowest BCUT2D eigenvalue weighted by atomic mass is 10.1. The number of halogens is 1. The molecule has 0 bridgehead atoms. The predicted molar refractivity (Wildman–Crippen MR) is 122 cm³/mol. The van der Waals surface area contributed by atoms with Gasteiger partial charge in [0.25, 0.3) is 0 Å². The maximum Gasteiger partial charge on any atom is 0.244 e. The van der Waals surface area contributed by atoms with Gasteiger partial charge in [0, 0.05) is 15.7 Å². The summed E-state index contributed by atoms with van der Waals surface area (Å²) in [5.74, 6) is -0.186. The van der Waals surface area contributed by atoms with E-state index in [1.807, 2.05) is 68.4 Å². The first-order valence-corrected chi connectivity index (χ1v) is 10.3. The van der Waals surface area contributed by atoms with Crippen LogP contribution < -0.4 is 5.32 Å². The van der Waals surface area contributed by atoms with E-state index in [-0.39, 0.29) is 24.1 Å². The molecule has 0 aliphatic carbocycles. The molecule has 1 heterocycles. The van der Waals surface area contributed by atoms with Crippen LogP contribution in [0.25, 0.3) is 11.0 Å². The number of ketones is 1. The summed E-state index contributed by atoms with van der Waals surface area (Å²) in [6.45, 7) is 3.90. The zero-order valence-corrected chi connectivity index (χ0v) is 18.2. The normalized spacial score (nSPS) is 10.9. The molecular formula is C24H20BrN3O2. The van der Waals surface area contributed by atoms with Crippen LogP contribution in [0.4, 0.5) is 5.69 Å². The lowest BCUT2D eigenvalue weighted by Crippen LogP contribution is -2.22. The van der Waals surface area contributed by atoms with Crippen LogP contribution in [0.2, 0.25) is 0 Å². The first kappa shape index (κ1) is 20.0. The van der Waals surface area contributed by atoms with Gasteiger partial charge in [0.1, 0.15) is 6.54 Å². The summed E-state index contributed by atoms with van der Waals surface area (Å²) in [5, 5.41) is 2.99. The number of hydrogen-bond acceptors (Lipinski definition) is 3. The third kappa shape index (κ3) is 3.91. The van der Waals surface area contributed by atoms with Gasteiger partial charge in [-0.3, -0.25) is 9.59 Å². The van der Waals surface area contributed by atoms with Gasteiger partial charge in [-0.2, -0.15) is 0 Å². The highest BCUT2D eigenvalue weighted by molar-refractivity contribution is 9.10. The molecule has 4 rings (SSSR count). The standard InChI is InChI=1S/C24H20BrN3O2/c1-15-6-5-7-16(2)22(15)27-21(29)14-28-20-9-4-3-8-19(20)26-24(28)23(30)17-10-12-18(25)13-11-17/h3-13H,14H2,1-2H3,(H,27,29). The van der Waals surface area contributed by atoms with Crippen molar-refractivity contribution < 1.29 is 9.59 Å². The van der Waals surface area contributed by atoms with Crippen molar-refractivity contribution in [1.82, 2.24) is 9.55 Å². The lowest BCUT2D eigenvalue weighted by molar-refractivity contribution is -0.116. The number of amides is 1. The molecule has 150 valence electrons. The van der Waals surface area contributed by atoms with E-state index in [1.165, 1.54) is 0 Å². The number of hydrogen-bond donors (Lipinski definition) is 1. The van der Waals surface area contributed by atoms with Crippen LogP contribution in [0.15, 0.2) is 71.2 Å². The van der Waals surface area contributed by atoms with Gasteiger partial charge in [-0.25, -0.2) is 4.98 Å². The van der Waals surface area contributed by atoms with E-state index in [4.69, 9.17) is 0 Å². The molecule has 0 fully saturated rings. The van der Waals surface area contributed by atoms with Crippen molar-refractivity contribution in [2.45, 2.75) is 20.4 Å². The van der Waals surface area contributed by atoms with Gasteiger partial charge in [0.15, 0.2) is 5.82 Å². The number of nitrogens with zero attached hydrogens (tertiary/aromatic N) is 2. The zero-order chi connectivity index (χ0) is 21.3. The molecule has 1 aromatic heterocycles. The van der Waals surface area contributed by atoms with Crippen LogP contribution in [0.3, 0.4) is 0 Å². The third-order valence-corrected chi connectivity index (χ3v) is 5.54. The highest BCUT2D eigenvalue weighted by Gasteiger charge is 2.21. The maximum atomic E-state index is 13.2. The molecular weight excluding hydrogens is 442 g/mol. The Labute approximate surface area is 182 Å². The highest BCUT2D eigenvalue weighted by Crippen LogP contribution is 2.22. The van der Waals surface area contributed by atoms with Crippen molar-refractivity contribution >= 4 is 44.3 Å². The van der Waals surface area contributed by atoms with Gasteiger partial charge < -0.3 is 9.88 Å². The van der Waals surface area contributed by atoms with Crippen molar-refractivity contribution in [3.63, 3.8) is 0 Å². The van der Waals surface area contributed by atoms with Crippen LogP contribution in [0.1, 0.15) is 27.3 Å². The minimum atomic E-state index is -0.224. The number of para-hydroxylation sites is 3. The van der Waals surface area contributed by atoms with E-state index >= 15 is 0 Å². The molecule has 0 spiro atoms. The first-order chi connectivity index (χ1) is 14.4. The van der Waals surface area contributed by atoms with Crippen LogP contribution in [0, 0.1) is 13.8 Å². The van der Waals surface area contributed by atoms with E-state index < -0.39 is 0 Å². The molecule has 0 saturated heterocycles. The second-order valence-electron chi connectivity index (χ2n) is 7.16. The number of nitrogens with one attached hydrogen (secondary N) is 1. The summed E-state index contributed by atoms with van der Waals surface area (Å²) in [6.07, 6.45) is 0. The molecule has 5 nitrogen and oxygen atoms in total. The molecule has 30 heavy (non-hydrogen) atoms. The first-order valence-electron chi connectivity index (χ1n) is 9.55. The highest BCUT2D eigenvalue weighted by atomic mass is 79.9. The Bertz CT molecular complexity index is 1240. The Kier molecular flexibility index (Phi) is 5.50. The molecule has 4 aromatic rings. The molecule has 0 atom stereocenters. The molecule has 0 aliphatic heterocycles. The fourth-order valence-electron chi connectivity index (χ4n) is 3.47. The molecule has 1 N–H and O–H groups in total. The summed E-state index contributed by atoms with van der Waals surface area (Å²) in [6, 6.07) is 20.4. The number of fused-ring (bicyclic) bond motifs is 1. The van der Waals surface area contributed by atoms with E-state index in [0.717, 1.165) is 26.8 Å². The van der Waals surface area contributed by atoms with E-state index in [2.05, 4.69) is 26.2 Å². The molecule has 3 aromatic carbocycles. The largest absolute Gasteiger partial charge is 0.324 e. The Morgan fingerprint density at radius 2 is 1.60 bits per heavy atom. The minimum absolute atomic E-state index is 0.00805. The van der Waals surface area contributed by atoms with E-state index in [1.54, 1.807) is 16.7 Å². The summed E-state index contributed by atoms with van der Waals surface area (Å²) < 4.78 is 2.57. The van der Waals surface area contributed by atoms with Crippen LogP contribution in [0.5, 0.6) is 0 Å². The predicted octanol–water partition coefficient (Wildman–Crippen LogP) is 5.29. The van der Waals surface area contributed by atoms with Gasteiger partial charge in [0.2, 0.25) is 11.7 Å². The van der Waals surface area contributed by atoms with E-state index in [9.17, 15) is 9.59 Å². The molecule has 0 aliphatic rings. The lowest BCUT2D eigenvalue weighted by Gasteiger charge is -2.13.